The fourth-order valence-corrected chi connectivity index (χ4v) is 3.58. The number of rotatable bonds is 2. The summed E-state index contributed by atoms with van der Waals surface area (Å²) in [4.78, 5) is 0. The Balaban J connectivity index is 1.71. The molecule has 2 fully saturated rings. The van der Waals surface area contributed by atoms with Crippen molar-refractivity contribution in [2.75, 3.05) is 13.2 Å². The highest BCUT2D eigenvalue weighted by Crippen LogP contribution is 2.53. The van der Waals surface area contributed by atoms with Crippen LogP contribution in [0.4, 0.5) is 0 Å². The average molecular weight is 266 g/mol. The molecule has 1 aliphatic heterocycles. The Morgan fingerprint density at radius 3 is 1.40 bits per heavy atom. The van der Waals surface area contributed by atoms with Crippen LogP contribution in [0.1, 0.15) is 23.0 Å². The van der Waals surface area contributed by atoms with Gasteiger partial charge < -0.3 is 9.47 Å². The second kappa shape index (κ2) is 5.04. The Bertz CT molecular complexity index is 513. The molecule has 2 nitrogen and oxygen atoms in total. The number of hydrogen-bond donors (Lipinski definition) is 0. The third-order valence-corrected chi connectivity index (χ3v) is 4.49. The molecule has 2 aromatic rings. The summed E-state index contributed by atoms with van der Waals surface area (Å²) in [5, 5.41) is 0. The maximum Gasteiger partial charge on any atom is 0.0919 e. The Morgan fingerprint density at radius 1 is 0.600 bits per heavy atom. The topological polar surface area (TPSA) is 18.5 Å². The molecule has 1 aliphatic carbocycles. The lowest BCUT2D eigenvalue weighted by molar-refractivity contribution is -0.210. The SMILES string of the molecule is c1ccc([C@@H]2[C@@H]3OCCO[C@@H]3[C@H]2c2ccccc2)cc1. The fourth-order valence-electron chi connectivity index (χ4n) is 3.58. The van der Waals surface area contributed by atoms with E-state index in [0.717, 1.165) is 0 Å². The lowest BCUT2D eigenvalue weighted by atomic mass is 9.62. The first-order valence-electron chi connectivity index (χ1n) is 7.28. The van der Waals surface area contributed by atoms with Crippen LogP contribution >= 0.6 is 0 Å². The van der Waals surface area contributed by atoms with Gasteiger partial charge in [0.1, 0.15) is 0 Å². The van der Waals surface area contributed by atoms with E-state index in [1.165, 1.54) is 11.1 Å². The molecule has 0 N–H and O–H groups in total. The minimum atomic E-state index is 0.205. The summed E-state index contributed by atoms with van der Waals surface area (Å²) in [7, 11) is 0. The maximum absolute atomic E-state index is 5.97. The summed E-state index contributed by atoms with van der Waals surface area (Å²) in [6, 6.07) is 21.4. The van der Waals surface area contributed by atoms with Crippen molar-refractivity contribution in [1.29, 1.82) is 0 Å². The number of fused-ring (bicyclic) bond motifs is 1. The van der Waals surface area contributed by atoms with Gasteiger partial charge in [-0.05, 0) is 11.1 Å². The molecular weight excluding hydrogens is 248 g/mol. The smallest absolute Gasteiger partial charge is 0.0919 e. The van der Waals surface area contributed by atoms with Crippen LogP contribution in [0.5, 0.6) is 0 Å². The van der Waals surface area contributed by atoms with E-state index in [0.29, 0.717) is 25.0 Å². The van der Waals surface area contributed by atoms with Crippen LogP contribution < -0.4 is 0 Å². The van der Waals surface area contributed by atoms with Crippen LogP contribution in [-0.4, -0.2) is 25.4 Å². The lowest BCUT2D eigenvalue weighted by Crippen LogP contribution is -2.58. The summed E-state index contributed by atoms with van der Waals surface area (Å²) < 4.78 is 11.9. The molecule has 0 amide bonds. The molecule has 2 heteroatoms. The highest BCUT2D eigenvalue weighted by Gasteiger charge is 2.54. The molecule has 2 aromatic carbocycles. The third kappa shape index (κ3) is 1.88. The van der Waals surface area contributed by atoms with Gasteiger partial charge in [0.05, 0.1) is 25.4 Å². The van der Waals surface area contributed by atoms with Gasteiger partial charge in [-0.2, -0.15) is 0 Å². The van der Waals surface area contributed by atoms with Crippen LogP contribution in [0.25, 0.3) is 0 Å². The summed E-state index contributed by atoms with van der Waals surface area (Å²) in [6.07, 6.45) is 0.410. The predicted octanol–water partition coefficient (Wildman–Crippen LogP) is 3.35. The Hall–Kier alpha value is -1.64. The van der Waals surface area contributed by atoms with Crippen molar-refractivity contribution in [3.8, 4) is 0 Å². The van der Waals surface area contributed by atoms with Gasteiger partial charge in [-0.3, -0.25) is 0 Å². The van der Waals surface area contributed by atoms with Gasteiger partial charge in [-0.15, -0.1) is 0 Å². The zero-order valence-electron chi connectivity index (χ0n) is 11.3. The van der Waals surface area contributed by atoms with E-state index in [2.05, 4.69) is 60.7 Å². The first-order valence-corrected chi connectivity index (χ1v) is 7.28. The molecule has 4 atom stereocenters. The summed E-state index contributed by atoms with van der Waals surface area (Å²) in [6.45, 7) is 1.43. The zero-order chi connectivity index (χ0) is 13.4. The molecule has 0 bridgehead atoms. The van der Waals surface area contributed by atoms with Crippen molar-refractivity contribution >= 4 is 0 Å². The van der Waals surface area contributed by atoms with E-state index < -0.39 is 0 Å². The number of hydrogen-bond acceptors (Lipinski definition) is 2. The van der Waals surface area contributed by atoms with Gasteiger partial charge in [-0.1, -0.05) is 60.7 Å². The molecule has 0 aromatic heterocycles. The zero-order valence-corrected chi connectivity index (χ0v) is 11.3. The van der Waals surface area contributed by atoms with E-state index in [-0.39, 0.29) is 12.2 Å². The van der Waals surface area contributed by atoms with Gasteiger partial charge in [0.15, 0.2) is 0 Å². The molecule has 1 heterocycles. The molecule has 102 valence electrons. The first-order chi connectivity index (χ1) is 9.95. The van der Waals surface area contributed by atoms with Crippen LogP contribution in [0.15, 0.2) is 60.7 Å². The van der Waals surface area contributed by atoms with Crippen molar-refractivity contribution in [2.45, 2.75) is 24.0 Å². The third-order valence-electron chi connectivity index (χ3n) is 4.49. The summed E-state index contributed by atoms with van der Waals surface area (Å²) >= 11 is 0. The molecule has 4 rings (SSSR count). The van der Waals surface area contributed by atoms with Crippen LogP contribution in [0.3, 0.4) is 0 Å². The second-order valence-corrected chi connectivity index (χ2v) is 5.54. The van der Waals surface area contributed by atoms with Gasteiger partial charge in [-0.25, -0.2) is 0 Å². The molecule has 1 saturated heterocycles. The van der Waals surface area contributed by atoms with Gasteiger partial charge >= 0.3 is 0 Å². The van der Waals surface area contributed by atoms with Crippen LogP contribution in [0.2, 0.25) is 0 Å². The average Bonchev–Trinajstić information content (AvgIpc) is 2.51. The van der Waals surface area contributed by atoms with Gasteiger partial charge in [0, 0.05) is 11.8 Å². The van der Waals surface area contributed by atoms with Crippen molar-refractivity contribution in [3.05, 3.63) is 71.8 Å². The van der Waals surface area contributed by atoms with E-state index in [4.69, 9.17) is 9.47 Å². The highest BCUT2D eigenvalue weighted by molar-refractivity contribution is 5.37. The molecule has 20 heavy (non-hydrogen) atoms. The second-order valence-electron chi connectivity index (χ2n) is 5.54. The summed E-state index contributed by atoms with van der Waals surface area (Å²) in [5.41, 5.74) is 2.71. The Morgan fingerprint density at radius 2 is 1.00 bits per heavy atom. The minimum Gasteiger partial charge on any atom is -0.372 e. The van der Waals surface area contributed by atoms with E-state index in [1.807, 2.05) is 0 Å². The van der Waals surface area contributed by atoms with Gasteiger partial charge in [0.2, 0.25) is 0 Å². The molecule has 2 aliphatic rings. The molecule has 1 saturated carbocycles. The minimum absolute atomic E-state index is 0.205. The summed E-state index contributed by atoms with van der Waals surface area (Å²) in [5.74, 6) is 0.813. The van der Waals surface area contributed by atoms with Crippen molar-refractivity contribution in [2.24, 2.45) is 0 Å². The lowest BCUT2D eigenvalue weighted by Gasteiger charge is -2.53. The van der Waals surface area contributed by atoms with E-state index in [9.17, 15) is 0 Å². The molecule has 0 radical (unpaired) electrons. The largest absolute Gasteiger partial charge is 0.372 e. The highest BCUT2D eigenvalue weighted by atomic mass is 16.6. The van der Waals surface area contributed by atoms with Crippen molar-refractivity contribution < 1.29 is 9.47 Å². The maximum atomic E-state index is 5.97. The van der Waals surface area contributed by atoms with E-state index in [1.54, 1.807) is 0 Å². The predicted molar refractivity (Wildman–Crippen MR) is 77.8 cm³/mol. The standard InChI is InChI=1S/C18H18O2/c1-3-7-13(8-4-1)15-16(14-9-5-2-6-10-14)18-17(15)19-11-12-20-18/h1-10,15-18H,11-12H2/t15-,16-,17-,18+/m0/s1. The van der Waals surface area contributed by atoms with E-state index >= 15 is 0 Å². The Labute approximate surface area is 119 Å². The quantitative estimate of drug-likeness (QED) is 0.830. The first kappa shape index (κ1) is 12.1. The van der Waals surface area contributed by atoms with Gasteiger partial charge in [0.25, 0.3) is 0 Å². The molecule has 0 spiro atoms. The molecular formula is C18H18O2. The number of ether oxygens (including phenoxy) is 2. The number of benzene rings is 2. The van der Waals surface area contributed by atoms with Crippen LogP contribution in [-0.2, 0) is 9.47 Å². The van der Waals surface area contributed by atoms with Crippen molar-refractivity contribution in [1.82, 2.24) is 0 Å². The van der Waals surface area contributed by atoms with Crippen LogP contribution in [0, 0.1) is 0 Å². The monoisotopic (exact) mass is 266 g/mol. The fraction of sp³-hybridized carbons (Fsp3) is 0.333. The molecule has 0 unspecified atom stereocenters. The van der Waals surface area contributed by atoms with Crippen molar-refractivity contribution in [3.63, 3.8) is 0 Å². The normalized spacial score (nSPS) is 32.2. The Kier molecular flexibility index (Phi) is 3.06.